The topological polar surface area (TPSA) is 49.8 Å². The first-order valence-corrected chi connectivity index (χ1v) is 8.24. The van der Waals surface area contributed by atoms with Crippen molar-refractivity contribution in [1.82, 2.24) is 4.90 Å². The Kier molecular flexibility index (Phi) is 4.92. The molecular formula is C17H17F6NO3. The quantitative estimate of drug-likeness (QED) is 0.780. The minimum absolute atomic E-state index is 0.0103. The first kappa shape index (κ1) is 19.9. The summed E-state index contributed by atoms with van der Waals surface area (Å²) in [5, 5.41) is 9.73. The summed E-state index contributed by atoms with van der Waals surface area (Å²) in [6.45, 7) is 0.591. The van der Waals surface area contributed by atoms with Crippen molar-refractivity contribution < 1.29 is 41.0 Å². The van der Waals surface area contributed by atoms with E-state index in [2.05, 4.69) is 0 Å². The van der Waals surface area contributed by atoms with Crippen molar-refractivity contribution >= 4 is 5.91 Å². The maximum Gasteiger partial charge on any atom is 0.416 e. The number of fused-ring (bicyclic) bond motifs is 1. The summed E-state index contributed by atoms with van der Waals surface area (Å²) in [6.07, 6.45) is -9.57. The van der Waals surface area contributed by atoms with Gasteiger partial charge in [0.05, 0.1) is 24.3 Å². The third-order valence-corrected chi connectivity index (χ3v) is 5.31. The van der Waals surface area contributed by atoms with E-state index in [4.69, 9.17) is 4.74 Å². The molecule has 2 aliphatic rings. The van der Waals surface area contributed by atoms with Crippen LogP contribution in [0.2, 0.25) is 0 Å². The van der Waals surface area contributed by atoms with Gasteiger partial charge in [-0.2, -0.15) is 26.3 Å². The SMILES string of the molecule is O=C(c1cc(C(F)(F)F)cc(C(F)(F)F)c1)N1C[C@@H]2COCC[C@]2(CO)C1. The van der Waals surface area contributed by atoms with Gasteiger partial charge in [0.2, 0.25) is 0 Å². The molecule has 0 saturated carbocycles. The highest BCUT2D eigenvalue weighted by atomic mass is 19.4. The van der Waals surface area contributed by atoms with Gasteiger partial charge in [-0.05, 0) is 24.6 Å². The van der Waals surface area contributed by atoms with E-state index in [1.54, 1.807) is 0 Å². The monoisotopic (exact) mass is 397 g/mol. The van der Waals surface area contributed by atoms with Gasteiger partial charge in [0.15, 0.2) is 0 Å². The fourth-order valence-electron chi connectivity index (χ4n) is 3.72. The standard InChI is InChI=1S/C17H17F6NO3/c18-16(19,20)11-3-10(4-12(5-11)17(21,22)23)14(26)24-6-13-7-27-2-1-15(13,8-24)9-25/h3-5,13,25H,1-2,6-9H2/t13-,15-/m1/s1. The Balaban J connectivity index is 1.95. The summed E-state index contributed by atoms with van der Waals surface area (Å²) in [5.74, 6) is -1.14. The molecular weight excluding hydrogens is 380 g/mol. The number of amides is 1. The molecule has 1 aromatic rings. The molecule has 1 aromatic carbocycles. The number of hydrogen-bond donors (Lipinski definition) is 1. The smallest absolute Gasteiger partial charge is 0.396 e. The van der Waals surface area contributed by atoms with Gasteiger partial charge in [0.1, 0.15) is 0 Å². The molecule has 0 aromatic heterocycles. The van der Waals surface area contributed by atoms with E-state index in [0.29, 0.717) is 25.2 Å². The van der Waals surface area contributed by atoms with Crippen molar-refractivity contribution in [3.05, 3.63) is 34.9 Å². The van der Waals surface area contributed by atoms with Gasteiger partial charge in [0, 0.05) is 36.6 Å². The van der Waals surface area contributed by atoms with E-state index in [-0.39, 0.29) is 38.3 Å². The van der Waals surface area contributed by atoms with Gasteiger partial charge in [-0.3, -0.25) is 4.79 Å². The first-order chi connectivity index (χ1) is 12.5. The highest BCUT2D eigenvalue weighted by Crippen LogP contribution is 2.43. The second-order valence-corrected chi connectivity index (χ2v) is 7.02. The van der Waals surface area contributed by atoms with Gasteiger partial charge >= 0.3 is 12.4 Å². The summed E-state index contributed by atoms with van der Waals surface area (Å²) in [6, 6.07) is 0.854. The number of aliphatic hydroxyl groups excluding tert-OH is 1. The lowest BCUT2D eigenvalue weighted by Crippen LogP contribution is -2.41. The van der Waals surface area contributed by atoms with Gasteiger partial charge in [-0.15, -0.1) is 0 Å². The average molecular weight is 397 g/mol. The van der Waals surface area contributed by atoms with Crippen LogP contribution < -0.4 is 0 Å². The summed E-state index contributed by atoms with van der Waals surface area (Å²) >= 11 is 0. The summed E-state index contributed by atoms with van der Waals surface area (Å²) < 4.78 is 83.3. The predicted molar refractivity (Wildman–Crippen MR) is 80.8 cm³/mol. The normalized spacial score (nSPS) is 26.2. The lowest BCUT2D eigenvalue weighted by molar-refractivity contribution is -0.143. The molecule has 0 unspecified atom stereocenters. The van der Waals surface area contributed by atoms with Crippen LogP contribution in [0.25, 0.3) is 0 Å². The van der Waals surface area contributed by atoms with Crippen LogP contribution in [0.5, 0.6) is 0 Å². The highest BCUT2D eigenvalue weighted by molar-refractivity contribution is 5.95. The van der Waals surface area contributed by atoms with Crippen molar-refractivity contribution in [2.24, 2.45) is 11.3 Å². The van der Waals surface area contributed by atoms with Crippen LogP contribution in [-0.4, -0.2) is 48.8 Å². The van der Waals surface area contributed by atoms with Crippen LogP contribution >= 0.6 is 0 Å². The molecule has 0 spiro atoms. The number of hydrogen-bond acceptors (Lipinski definition) is 3. The minimum atomic E-state index is -5.02. The maximum atomic E-state index is 13.0. The molecule has 10 heteroatoms. The molecule has 3 rings (SSSR count). The van der Waals surface area contributed by atoms with E-state index in [1.807, 2.05) is 0 Å². The minimum Gasteiger partial charge on any atom is -0.396 e. The maximum absolute atomic E-state index is 13.0. The number of halogens is 6. The van der Waals surface area contributed by atoms with Crippen molar-refractivity contribution in [2.45, 2.75) is 18.8 Å². The van der Waals surface area contributed by atoms with Crippen LogP contribution in [0.1, 0.15) is 27.9 Å². The van der Waals surface area contributed by atoms with Crippen molar-refractivity contribution in [3.63, 3.8) is 0 Å². The lowest BCUT2D eigenvalue weighted by atomic mass is 9.75. The Labute approximate surface area is 150 Å². The molecule has 4 nitrogen and oxygen atoms in total. The number of likely N-dealkylation sites (tertiary alicyclic amines) is 1. The molecule has 0 radical (unpaired) electrons. The zero-order valence-corrected chi connectivity index (χ0v) is 14.0. The second-order valence-electron chi connectivity index (χ2n) is 7.02. The molecule has 150 valence electrons. The van der Waals surface area contributed by atoms with E-state index in [9.17, 15) is 36.2 Å². The van der Waals surface area contributed by atoms with E-state index >= 15 is 0 Å². The molecule has 2 heterocycles. The van der Waals surface area contributed by atoms with E-state index < -0.39 is 40.4 Å². The number of aliphatic hydroxyl groups is 1. The Morgan fingerprint density at radius 1 is 1.15 bits per heavy atom. The number of nitrogens with zero attached hydrogens (tertiary/aromatic N) is 1. The fourth-order valence-corrected chi connectivity index (χ4v) is 3.72. The Bertz CT molecular complexity index is 700. The number of ether oxygens (including phenoxy) is 1. The Morgan fingerprint density at radius 3 is 2.22 bits per heavy atom. The first-order valence-electron chi connectivity index (χ1n) is 8.24. The number of carbonyl (C=O) groups is 1. The second kappa shape index (κ2) is 6.66. The van der Waals surface area contributed by atoms with Crippen LogP contribution in [0.3, 0.4) is 0 Å². The summed E-state index contributed by atoms with van der Waals surface area (Å²) in [7, 11) is 0. The zero-order chi connectivity index (χ0) is 20.0. The van der Waals surface area contributed by atoms with Gasteiger partial charge in [-0.25, -0.2) is 0 Å². The molecule has 27 heavy (non-hydrogen) atoms. The highest BCUT2D eigenvalue weighted by Gasteiger charge is 2.49. The average Bonchev–Trinajstić information content (AvgIpc) is 2.99. The molecule has 0 aliphatic carbocycles. The number of benzene rings is 1. The Morgan fingerprint density at radius 2 is 1.74 bits per heavy atom. The van der Waals surface area contributed by atoms with Gasteiger partial charge in [-0.1, -0.05) is 0 Å². The lowest BCUT2D eigenvalue weighted by Gasteiger charge is -2.36. The van der Waals surface area contributed by atoms with Crippen LogP contribution in [0.15, 0.2) is 18.2 Å². The number of rotatable bonds is 2. The third kappa shape index (κ3) is 3.77. The number of carbonyl (C=O) groups excluding carboxylic acids is 1. The van der Waals surface area contributed by atoms with E-state index in [0.717, 1.165) is 0 Å². The molecule has 0 bridgehead atoms. The van der Waals surface area contributed by atoms with Crippen LogP contribution in [-0.2, 0) is 17.1 Å². The molecule has 1 amide bonds. The van der Waals surface area contributed by atoms with Crippen molar-refractivity contribution in [3.8, 4) is 0 Å². The van der Waals surface area contributed by atoms with Crippen LogP contribution in [0, 0.1) is 11.3 Å². The van der Waals surface area contributed by atoms with Gasteiger partial charge in [0.25, 0.3) is 5.91 Å². The third-order valence-electron chi connectivity index (χ3n) is 5.31. The van der Waals surface area contributed by atoms with Gasteiger partial charge < -0.3 is 14.7 Å². The van der Waals surface area contributed by atoms with E-state index in [1.165, 1.54) is 4.90 Å². The Hall–Kier alpha value is -1.81. The summed E-state index contributed by atoms with van der Waals surface area (Å²) in [4.78, 5) is 13.9. The molecule has 2 aliphatic heterocycles. The fraction of sp³-hybridized carbons (Fsp3) is 0.588. The summed E-state index contributed by atoms with van der Waals surface area (Å²) in [5.41, 5.74) is -4.37. The largest absolute Gasteiger partial charge is 0.416 e. The van der Waals surface area contributed by atoms with Crippen molar-refractivity contribution in [2.75, 3.05) is 32.9 Å². The molecule has 2 fully saturated rings. The van der Waals surface area contributed by atoms with Crippen molar-refractivity contribution in [1.29, 1.82) is 0 Å². The molecule has 2 atom stereocenters. The van der Waals surface area contributed by atoms with Crippen LogP contribution in [0.4, 0.5) is 26.3 Å². The molecule has 2 saturated heterocycles. The predicted octanol–water partition coefficient (Wildman–Crippen LogP) is 3.20. The zero-order valence-electron chi connectivity index (χ0n) is 14.0. The number of alkyl halides is 6. The molecule has 1 N–H and O–H groups in total.